The van der Waals surface area contributed by atoms with Crippen LogP contribution in [0.3, 0.4) is 0 Å². The molecule has 0 saturated carbocycles. The maximum Gasteiger partial charge on any atom is 0.345 e. The first kappa shape index (κ1) is 27.5. The smallest absolute Gasteiger partial charge is 0.345 e. The van der Waals surface area contributed by atoms with Gasteiger partial charge in [-0.2, -0.15) is 0 Å². The van der Waals surface area contributed by atoms with Crippen LogP contribution in [0.5, 0.6) is 0 Å². The zero-order valence-electron chi connectivity index (χ0n) is 18.4. The number of hydrogen-bond acceptors (Lipinski definition) is 5. The predicted molar refractivity (Wildman–Crippen MR) is 113 cm³/mol. The molecule has 0 aliphatic heterocycles. The number of hydrogen-bond donors (Lipinski definition) is 4. The monoisotopic (exact) mass is 404 g/mol. The molecule has 0 saturated heterocycles. The maximum absolute atomic E-state index is 13.1. The highest BCUT2D eigenvalue weighted by atomic mass is 16.3. The molecule has 0 aliphatic carbocycles. The average molecular weight is 405 g/mol. The molecule has 0 spiro atoms. The number of nitrogens with zero attached hydrogens (tertiary/aromatic N) is 1. The summed E-state index contributed by atoms with van der Waals surface area (Å²) in [5.74, 6) is -0.361. The molecule has 1 unspecified atom stereocenters. The van der Waals surface area contributed by atoms with Gasteiger partial charge in [-0.15, -0.1) is 0 Å². The second-order valence-electron chi connectivity index (χ2n) is 8.35. The molecule has 0 radical (unpaired) electrons. The topological polar surface area (TPSA) is 98.0 Å². The third kappa shape index (κ3) is 10.9. The van der Waals surface area contributed by atoms with Gasteiger partial charge < -0.3 is 20.4 Å². The van der Waals surface area contributed by atoms with Crippen LogP contribution in [0.2, 0.25) is 0 Å². The first-order chi connectivity index (χ1) is 13.4. The van der Waals surface area contributed by atoms with Crippen molar-refractivity contribution in [1.82, 2.24) is 0 Å². The number of quaternary nitrogens is 1. The fraction of sp³-hybridized carbons (Fsp3) is 0.955. The molecule has 0 rings (SSSR count). The second kappa shape index (κ2) is 16.3. The zero-order valence-corrected chi connectivity index (χ0v) is 18.4. The van der Waals surface area contributed by atoms with E-state index < -0.39 is 5.60 Å². The maximum atomic E-state index is 13.1. The van der Waals surface area contributed by atoms with Crippen LogP contribution < -0.4 is 0 Å². The van der Waals surface area contributed by atoms with E-state index in [4.69, 9.17) is 5.11 Å². The molecule has 0 aromatic heterocycles. The van der Waals surface area contributed by atoms with Gasteiger partial charge in [0.1, 0.15) is 13.1 Å². The molecule has 6 heteroatoms. The van der Waals surface area contributed by atoms with Gasteiger partial charge in [-0.1, -0.05) is 58.3 Å². The van der Waals surface area contributed by atoms with Gasteiger partial charge in [-0.05, 0) is 32.6 Å². The van der Waals surface area contributed by atoms with Crippen LogP contribution >= 0.6 is 0 Å². The molecule has 0 fully saturated rings. The Labute approximate surface area is 172 Å². The molecule has 168 valence electrons. The Kier molecular flexibility index (Phi) is 16.0. The molecule has 1 atom stereocenters. The minimum Gasteiger partial charge on any atom is -0.396 e. The van der Waals surface area contributed by atoms with Crippen LogP contribution in [-0.2, 0) is 4.79 Å². The lowest BCUT2D eigenvalue weighted by Gasteiger charge is -2.39. The van der Waals surface area contributed by atoms with Gasteiger partial charge in [0.25, 0.3) is 0 Å². The molecule has 4 N–H and O–H groups in total. The summed E-state index contributed by atoms with van der Waals surface area (Å²) in [7, 11) is 0. The van der Waals surface area contributed by atoms with Crippen molar-refractivity contribution < 1.29 is 29.7 Å². The summed E-state index contributed by atoms with van der Waals surface area (Å²) in [6, 6.07) is 0. The fourth-order valence-corrected chi connectivity index (χ4v) is 3.97. The Bertz CT molecular complexity index is 381. The average Bonchev–Trinajstić information content (AvgIpc) is 2.67. The number of carbonyl (C=O) groups excluding carboxylic acids is 1. The van der Waals surface area contributed by atoms with Crippen LogP contribution in [0.15, 0.2) is 0 Å². The lowest BCUT2D eigenvalue weighted by atomic mass is 9.96. The molecule has 0 bridgehead atoms. The standard InChI is InChI=1S/C22H46NO5/c1-3-4-5-6-7-8-9-10-11-12-15-23(16-19-25,17-20-26)21(27)22(2,28)14-13-18-24/h24-26,28H,3-20H2,1-2H3/q+1. The van der Waals surface area contributed by atoms with E-state index in [9.17, 15) is 20.1 Å². The third-order valence-corrected chi connectivity index (χ3v) is 5.71. The third-order valence-electron chi connectivity index (χ3n) is 5.71. The quantitative estimate of drug-likeness (QED) is 0.196. The minimum absolute atomic E-state index is 0.0815. The Hall–Kier alpha value is -0.530. The lowest BCUT2D eigenvalue weighted by molar-refractivity contribution is -0.859. The Morgan fingerprint density at radius 2 is 1.18 bits per heavy atom. The number of rotatable bonds is 19. The zero-order chi connectivity index (χ0) is 21.3. The van der Waals surface area contributed by atoms with Crippen LogP contribution in [0.25, 0.3) is 0 Å². The molecule has 0 heterocycles. The van der Waals surface area contributed by atoms with Crippen molar-refractivity contribution in [2.45, 2.75) is 96.5 Å². The van der Waals surface area contributed by atoms with Crippen LogP contribution in [0.4, 0.5) is 0 Å². The summed E-state index contributed by atoms with van der Waals surface area (Å²) in [5.41, 5.74) is -1.56. The summed E-state index contributed by atoms with van der Waals surface area (Å²) in [6.45, 7) is 4.21. The van der Waals surface area contributed by atoms with Crippen molar-refractivity contribution >= 4 is 5.91 Å². The van der Waals surface area contributed by atoms with Crippen LogP contribution in [0, 0.1) is 0 Å². The van der Waals surface area contributed by atoms with Crippen molar-refractivity contribution in [2.75, 3.05) is 39.5 Å². The van der Waals surface area contributed by atoms with E-state index in [0.29, 0.717) is 13.0 Å². The summed E-state index contributed by atoms with van der Waals surface area (Å²) in [5, 5.41) is 38.7. The predicted octanol–water partition coefficient (Wildman–Crippen LogP) is 2.76. The van der Waals surface area contributed by atoms with Crippen molar-refractivity contribution in [1.29, 1.82) is 0 Å². The number of carbonyl (C=O) groups is 1. The Morgan fingerprint density at radius 3 is 1.61 bits per heavy atom. The minimum atomic E-state index is -1.56. The summed E-state index contributed by atoms with van der Waals surface area (Å²) >= 11 is 0. The van der Waals surface area contributed by atoms with E-state index in [1.165, 1.54) is 51.9 Å². The first-order valence-corrected chi connectivity index (χ1v) is 11.4. The molecule has 0 aliphatic rings. The van der Waals surface area contributed by atoms with Gasteiger partial charge >= 0.3 is 5.91 Å². The SMILES string of the molecule is CCCCCCCCCCCC[N+](CCO)(CCO)C(=O)C(C)(O)CCCO. The number of aliphatic hydroxyl groups excluding tert-OH is 3. The lowest BCUT2D eigenvalue weighted by Crippen LogP contribution is -2.63. The van der Waals surface area contributed by atoms with Gasteiger partial charge in [0.2, 0.25) is 0 Å². The van der Waals surface area contributed by atoms with Crippen molar-refractivity contribution in [3.05, 3.63) is 0 Å². The number of amides is 1. The van der Waals surface area contributed by atoms with Crippen LogP contribution in [-0.4, -0.2) is 75.9 Å². The highest BCUT2D eigenvalue weighted by Gasteiger charge is 2.46. The van der Waals surface area contributed by atoms with Gasteiger partial charge in [0, 0.05) is 6.61 Å². The first-order valence-electron chi connectivity index (χ1n) is 11.4. The van der Waals surface area contributed by atoms with Gasteiger partial charge in [-0.3, -0.25) is 4.48 Å². The summed E-state index contributed by atoms with van der Waals surface area (Å²) < 4.78 is -0.0948. The van der Waals surface area contributed by atoms with E-state index in [1.54, 1.807) is 0 Å². The van der Waals surface area contributed by atoms with Gasteiger partial charge in [0.15, 0.2) is 5.60 Å². The molecule has 0 aromatic rings. The van der Waals surface area contributed by atoms with E-state index in [-0.39, 0.29) is 49.7 Å². The van der Waals surface area contributed by atoms with E-state index in [1.807, 2.05) is 0 Å². The fourth-order valence-electron chi connectivity index (χ4n) is 3.97. The van der Waals surface area contributed by atoms with Crippen LogP contribution in [0.1, 0.15) is 90.9 Å². The van der Waals surface area contributed by atoms with E-state index in [2.05, 4.69) is 6.92 Å². The summed E-state index contributed by atoms with van der Waals surface area (Å²) in [6.07, 6.45) is 12.5. The molecule has 6 nitrogen and oxygen atoms in total. The molecule has 0 aromatic carbocycles. The highest BCUT2D eigenvalue weighted by molar-refractivity contribution is 5.78. The molecular weight excluding hydrogens is 358 g/mol. The van der Waals surface area contributed by atoms with Gasteiger partial charge in [0.05, 0.1) is 19.8 Å². The largest absolute Gasteiger partial charge is 0.396 e. The van der Waals surface area contributed by atoms with E-state index in [0.717, 1.165) is 19.3 Å². The molecule has 1 amide bonds. The number of unbranched alkanes of at least 4 members (excludes halogenated alkanes) is 9. The van der Waals surface area contributed by atoms with Crippen molar-refractivity contribution in [2.24, 2.45) is 0 Å². The Morgan fingerprint density at radius 1 is 0.714 bits per heavy atom. The highest BCUT2D eigenvalue weighted by Crippen LogP contribution is 2.23. The second-order valence-corrected chi connectivity index (χ2v) is 8.35. The van der Waals surface area contributed by atoms with E-state index >= 15 is 0 Å². The number of aliphatic hydroxyl groups is 4. The Balaban J connectivity index is 4.54. The molecule has 28 heavy (non-hydrogen) atoms. The normalized spacial score (nSPS) is 14.2. The summed E-state index contributed by atoms with van der Waals surface area (Å²) in [4.78, 5) is 13.1. The van der Waals surface area contributed by atoms with Crippen molar-refractivity contribution in [3.63, 3.8) is 0 Å². The van der Waals surface area contributed by atoms with Crippen molar-refractivity contribution in [3.8, 4) is 0 Å². The van der Waals surface area contributed by atoms with Gasteiger partial charge in [-0.25, -0.2) is 4.79 Å². The molecular formula is C22H46NO5+.